The van der Waals surface area contributed by atoms with Gasteiger partial charge in [0.15, 0.2) is 0 Å². The molecule has 4 aromatic rings. The first kappa shape index (κ1) is 28.1. The Morgan fingerprint density at radius 1 is 1.08 bits per heavy atom. The molecule has 0 radical (unpaired) electrons. The number of H-pyrrole nitrogens is 1. The number of carboxylic acid groups (broad SMARTS) is 1. The van der Waals surface area contributed by atoms with E-state index in [0.29, 0.717) is 38.9 Å². The van der Waals surface area contributed by atoms with Crippen LogP contribution in [0, 0.1) is 0 Å². The number of benzene rings is 2. The number of hydrogen-bond donors (Lipinski definition) is 4. The number of nitrogens with zero attached hydrogens (tertiary/aromatic N) is 2. The second-order valence-corrected chi connectivity index (χ2v) is 9.23. The molecule has 2 aromatic heterocycles. The lowest BCUT2D eigenvalue weighted by molar-refractivity contribution is -0.137. The Hall–Kier alpha value is -3.93. The SMILES string of the molecule is CC(C)Oc1ccc(-c2c(-c3ccc(C(F)(F)F)cn3)ccc3[nH]c(C(=O)O)c(CN(CO)CCO)c23)cc1. The van der Waals surface area contributed by atoms with Crippen molar-refractivity contribution >= 4 is 16.9 Å². The quantitative estimate of drug-likeness (QED) is 0.204. The largest absolute Gasteiger partial charge is 0.491 e. The number of carboxylic acids is 1. The third-order valence-corrected chi connectivity index (χ3v) is 6.16. The van der Waals surface area contributed by atoms with Crippen molar-refractivity contribution < 1.29 is 38.0 Å². The number of aromatic nitrogens is 2. The van der Waals surface area contributed by atoms with Gasteiger partial charge in [0.2, 0.25) is 0 Å². The lowest BCUT2D eigenvalue weighted by atomic mass is 9.91. The van der Waals surface area contributed by atoms with Crippen molar-refractivity contribution in [3.8, 4) is 28.1 Å². The summed E-state index contributed by atoms with van der Waals surface area (Å²) < 4.78 is 45.3. The Labute approximate surface area is 222 Å². The average molecular weight is 544 g/mol. The fourth-order valence-electron chi connectivity index (χ4n) is 4.47. The highest BCUT2D eigenvalue weighted by atomic mass is 19.4. The van der Waals surface area contributed by atoms with Gasteiger partial charge in [0.05, 0.1) is 30.7 Å². The summed E-state index contributed by atoms with van der Waals surface area (Å²) in [6, 6.07) is 12.6. The van der Waals surface area contributed by atoms with Crippen molar-refractivity contribution in [2.75, 3.05) is 19.9 Å². The van der Waals surface area contributed by atoms with Gasteiger partial charge in [-0.3, -0.25) is 9.88 Å². The minimum absolute atomic E-state index is 0.00979. The Bertz CT molecular complexity index is 1450. The van der Waals surface area contributed by atoms with E-state index < -0.39 is 24.4 Å². The van der Waals surface area contributed by atoms with E-state index in [1.807, 2.05) is 13.8 Å². The first-order chi connectivity index (χ1) is 18.5. The average Bonchev–Trinajstić information content (AvgIpc) is 3.26. The van der Waals surface area contributed by atoms with Crippen LogP contribution in [0.3, 0.4) is 0 Å². The molecule has 0 aliphatic heterocycles. The molecular weight excluding hydrogens is 515 g/mol. The highest BCUT2D eigenvalue weighted by molar-refractivity contribution is 6.08. The number of alkyl halides is 3. The van der Waals surface area contributed by atoms with Crippen LogP contribution < -0.4 is 4.74 Å². The second-order valence-electron chi connectivity index (χ2n) is 9.23. The Kier molecular flexibility index (Phi) is 8.24. The monoisotopic (exact) mass is 543 g/mol. The van der Waals surface area contributed by atoms with E-state index in [2.05, 4.69) is 9.97 Å². The predicted molar refractivity (Wildman–Crippen MR) is 139 cm³/mol. The predicted octanol–water partition coefficient (Wildman–Crippen LogP) is 5.15. The zero-order valence-electron chi connectivity index (χ0n) is 21.3. The second kappa shape index (κ2) is 11.4. The van der Waals surface area contributed by atoms with Crippen molar-refractivity contribution in [2.45, 2.75) is 32.7 Å². The number of carbonyl (C=O) groups is 1. The standard InChI is InChI=1S/C28H28F3N3O5/c1-16(2)39-19-6-3-17(4-7-19)24-20(22-9-5-18(13-32-22)28(29,30)31)8-10-23-25(24)21(26(33-23)27(37)38)14-34(15-36)11-12-35/h3-10,13,16,33,35-36H,11-12,14-15H2,1-2H3,(H,37,38). The summed E-state index contributed by atoms with van der Waals surface area (Å²) in [6.07, 6.45) is -3.84. The number of ether oxygens (including phenoxy) is 1. The molecule has 0 saturated heterocycles. The highest BCUT2D eigenvalue weighted by Gasteiger charge is 2.31. The van der Waals surface area contributed by atoms with Crippen molar-refractivity contribution in [1.82, 2.24) is 14.9 Å². The molecule has 0 aliphatic carbocycles. The fraction of sp³-hybridized carbons (Fsp3) is 0.286. The number of nitrogens with one attached hydrogen (secondary N) is 1. The van der Waals surface area contributed by atoms with E-state index in [1.165, 1.54) is 11.0 Å². The first-order valence-electron chi connectivity index (χ1n) is 12.2. The molecule has 2 heterocycles. The zero-order valence-corrected chi connectivity index (χ0v) is 21.3. The molecule has 2 aromatic carbocycles. The van der Waals surface area contributed by atoms with Crippen LogP contribution in [0.15, 0.2) is 54.7 Å². The molecule has 0 atom stereocenters. The topological polar surface area (TPSA) is 119 Å². The lowest BCUT2D eigenvalue weighted by Gasteiger charge is -2.20. The number of halogens is 3. The van der Waals surface area contributed by atoms with E-state index in [9.17, 15) is 33.3 Å². The van der Waals surface area contributed by atoms with E-state index in [4.69, 9.17) is 4.74 Å². The fourth-order valence-corrected chi connectivity index (χ4v) is 4.47. The summed E-state index contributed by atoms with van der Waals surface area (Å²) in [5, 5.41) is 29.7. The smallest absolute Gasteiger partial charge is 0.417 e. The summed E-state index contributed by atoms with van der Waals surface area (Å²) in [5.41, 5.74) is 1.81. The molecular formula is C28H28F3N3O5. The van der Waals surface area contributed by atoms with Crippen LogP contribution in [0.5, 0.6) is 5.75 Å². The van der Waals surface area contributed by atoms with Crippen LogP contribution in [0.2, 0.25) is 0 Å². The van der Waals surface area contributed by atoms with Crippen LogP contribution >= 0.6 is 0 Å². The van der Waals surface area contributed by atoms with Crippen molar-refractivity contribution in [2.24, 2.45) is 0 Å². The van der Waals surface area contributed by atoms with E-state index >= 15 is 0 Å². The molecule has 8 nitrogen and oxygen atoms in total. The van der Waals surface area contributed by atoms with Crippen molar-refractivity contribution in [3.63, 3.8) is 0 Å². The number of aromatic carboxylic acids is 1. The van der Waals surface area contributed by atoms with Crippen LogP contribution in [0.1, 0.15) is 35.5 Å². The summed E-state index contributed by atoms with van der Waals surface area (Å²) in [4.78, 5) is 20.7. The number of fused-ring (bicyclic) bond motifs is 1. The molecule has 0 aliphatic rings. The van der Waals surface area contributed by atoms with Crippen LogP contribution in [-0.4, -0.2) is 62.1 Å². The van der Waals surface area contributed by atoms with Crippen LogP contribution in [-0.2, 0) is 12.7 Å². The van der Waals surface area contributed by atoms with Crippen LogP contribution in [0.25, 0.3) is 33.3 Å². The molecule has 4 N–H and O–H groups in total. The van der Waals surface area contributed by atoms with Gasteiger partial charge in [-0.2, -0.15) is 13.2 Å². The molecule has 39 heavy (non-hydrogen) atoms. The summed E-state index contributed by atoms with van der Waals surface area (Å²) >= 11 is 0. The van der Waals surface area contributed by atoms with Crippen LogP contribution in [0.4, 0.5) is 13.2 Å². The molecule has 0 amide bonds. The van der Waals surface area contributed by atoms with E-state index in [-0.39, 0.29) is 37.2 Å². The van der Waals surface area contributed by atoms with E-state index in [1.54, 1.807) is 36.4 Å². The summed E-state index contributed by atoms with van der Waals surface area (Å²) in [6.45, 7) is 3.19. The minimum atomic E-state index is -4.55. The van der Waals surface area contributed by atoms with Gasteiger partial charge in [-0.1, -0.05) is 18.2 Å². The van der Waals surface area contributed by atoms with Gasteiger partial charge in [-0.25, -0.2) is 4.79 Å². The molecule has 0 spiro atoms. The maximum atomic E-state index is 13.2. The zero-order chi connectivity index (χ0) is 28.3. The number of hydrogen-bond acceptors (Lipinski definition) is 6. The van der Waals surface area contributed by atoms with Gasteiger partial charge < -0.3 is 25.0 Å². The van der Waals surface area contributed by atoms with Gasteiger partial charge in [0, 0.05) is 46.9 Å². The highest BCUT2D eigenvalue weighted by Crippen LogP contribution is 2.41. The maximum absolute atomic E-state index is 13.2. The van der Waals surface area contributed by atoms with Gasteiger partial charge in [0.1, 0.15) is 11.4 Å². The Morgan fingerprint density at radius 3 is 2.33 bits per heavy atom. The lowest BCUT2D eigenvalue weighted by Crippen LogP contribution is -2.28. The number of aliphatic hydroxyl groups is 2. The van der Waals surface area contributed by atoms with Crippen molar-refractivity contribution in [3.05, 3.63) is 71.5 Å². The normalized spacial score (nSPS) is 12.0. The molecule has 0 fully saturated rings. The van der Waals surface area contributed by atoms with Gasteiger partial charge in [-0.05, 0) is 49.7 Å². The summed E-state index contributed by atoms with van der Waals surface area (Å²) in [7, 11) is 0. The first-order valence-corrected chi connectivity index (χ1v) is 12.2. The Morgan fingerprint density at radius 2 is 1.79 bits per heavy atom. The van der Waals surface area contributed by atoms with Gasteiger partial charge in [-0.15, -0.1) is 0 Å². The number of aromatic amines is 1. The molecule has 0 saturated carbocycles. The van der Waals surface area contributed by atoms with Gasteiger partial charge in [0.25, 0.3) is 0 Å². The Balaban J connectivity index is 2.00. The molecule has 11 heteroatoms. The third kappa shape index (κ3) is 6.06. The molecule has 0 unspecified atom stereocenters. The minimum Gasteiger partial charge on any atom is -0.491 e. The van der Waals surface area contributed by atoms with E-state index in [0.717, 1.165) is 12.3 Å². The maximum Gasteiger partial charge on any atom is 0.417 e. The number of rotatable bonds is 10. The number of pyridine rings is 1. The molecule has 206 valence electrons. The van der Waals surface area contributed by atoms with Crippen molar-refractivity contribution in [1.29, 1.82) is 0 Å². The third-order valence-electron chi connectivity index (χ3n) is 6.16. The molecule has 4 rings (SSSR count). The summed E-state index contributed by atoms with van der Waals surface area (Å²) in [5.74, 6) is -0.603. The molecule has 0 bridgehead atoms. The van der Waals surface area contributed by atoms with Gasteiger partial charge >= 0.3 is 12.1 Å². The number of aliphatic hydroxyl groups excluding tert-OH is 2.